The first-order valence-corrected chi connectivity index (χ1v) is 9.36. The summed E-state index contributed by atoms with van der Waals surface area (Å²) in [7, 11) is 1.63. The highest BCUT2D eigenvalue weighted by Gasteiger charge is 2.12. The Bertz CT molecular complexity index is 1090. The minimum absolute atomic E-state index is 0.0316. The van der Waals surface area contributed by atoms with Crippen molar-refractivity contribution in [3.63, 3.8) is 0 Å². The molecule has 0 aliphatic heterocycles. The van der Waals surface area contributed by atoms with E-state index in [9.17, 15) is 14.4 Å². The van der Waals surface area contributed by atoms with Crippen LogP contribution >= 0.6 is 0 Å². The van der Waals surface area contributed by atoms with E-state index in [1.54, 1.807) is 25.2 Å². The number of carbonyl (C=O) groups excluding carboxylic acids is 2. The molecule has 0 spiro atoms. The maximum atomic E-state index is 12.4. The van der Waals surface area contributed by atoms with Crippen molar-refractivity contribution in [3.05, 3.63) is 75.8 Å². The molecule has 29 heavy (non-hydrogen) atoms. The molecule has 1 N–H and O–H groups in total. The van der Waals surface area contributed by atoms with Gasteiger partial charge >= 0.3 is 5.97 Å². The van der Waals surface area contributed by atoms with Crippen molar-refractivity contribution < 1.29 is 14.3 Å². The third-order valence-electron chi connectivity index (χ3n) is 4.60. The highest BCUT2D eigenvalue weighted by atomic mass is 16.5. The van der Waals surface area contributed by atoms with E-state index in [2.05, 4.69) is 10.3 Å². The van der Waals surface area contributed by atoms with E-state index in [-0.39, 0.29) is 30.9 Å². The van der Waals surface area contributed by atoms with Gasteiger partial charge in [-0.3, -0.25) is 19.0 Å². The first-order chi connectivity index (χ1) is 13.9. The summed E-state index contributed by atoms with van der Waals surface area (Å²) in [5, 5.41) is 3.24. The minimum atomic E-state index is -0.516. The number of aryl methyl sites for hydroxylation is 2. The molecule has 0 aliphatic rings. The Kier molecular flexibility index (Phi) is 6.39. The maximum absolute atomic E-state index is 12.4. The van der Waals surface area contributed by atoms with Gasteiger partial charge in [0, 0.05) is 20.0 Å². The standard InChI is InChI=1S/C22H23N3O4/c1-15-7-9-16(10-8-15)13-23-20(26)14-29-21(27)12-11-19-24-18-6-4-3-5-17(18)22(28)25(19)2/h3-10H,11-14H2,1-2H3,(H,23,26). The second-order valence-electron chi connectivity index (χ2n) is 6.83. The molecule has 2 aromatic carbocycles. The van der Waals surface area contributed by atoms with Crippen LogP contribution in [0, 0.1) is 6.92 Å². The number of carbonyl (C=O) groups is 2. The smallest absolute Gasteiger partial charge is 0.306 e. The van der Waals surface area contributed by atoms with E-state index < -0.39 is 5.97 Å². The van der Waals surface area contributed by atoms with Crippen molar-refractivity contribution in [1.82, 2.24) is 14.9 Å². The van der Waals surface area contributed by atoms with Crippen LogP contribution in [0.15, 0.2) is 53.3 Å². The van der Waals surface area contributed by atoms with E-state index in [1.165, 1.54) is 4.57 Å². The van der Waals surface area contributed by atoms with Gasteiger partial charge in [-0.05, 0) is 24.6 Å². The van der Waals surface area contributed by atoms with Crippen LogP contribution in [0.2, 0.25) is 0 Å². The molecular weight excluding hydrogens is 370 g/mol. The van der Waals surface area contributed by atoms with Gasteiger partial charge in [0.2, 0.25) is 0 Å². The average Bonchev–Trinajstić information content (AvgIpc) is 2.73. The Hall–Kier alpha value is -3.48. The lowest BCUT2D eigenvalue weighted by Crippen LogP contribution is -2.28. The van der Waals surface area contributed by atoms with Gasteiger partial charge in [0.25, 0.3) is 11.5 Å². The zero-order valence-corrected chi connectivity index (χ0v) is 16.5. The van der Waals surface area contributed by atoms with E-state index in [0.29, 0.717) is 23.3 Å². The highest BCUT2D eigenvalue weighted by Crippen LogP contribution is 2.08. The number of hydrogen-bond donors (Lipinski definition) is 1. The Balaban J connectivity index is 1.48. The van der Waals surface area contributed by atoms with Crippen LogP contribution in [0.25, 0.3) is 10.9 Å². The summed E-state index contributed by atoms with van der Waals surface area (Å²) in [5.74, 6) is -0.387. The molecule has 0 bridgehead atoms. The Morgan fingerprint density at radius 2 is 1.83 bits per heavy atom. The SMILES string of the molecule is Cc1ccc(CNC(=O)COC(=O)CCc2nc3ccccc3c(=O)n2C)cc1. The van der Waals surface area contributed by atoms with Crippen molar-refractivity contribution in [2.75, 3.05) is 6.61 Å². The minimum Gasteiger partial charge on any atom is -0.456 e. The fourth-order valence-corrected chi connectivity index (χ4v) is 2.88. The first kappa shape index (κ1) is 20.3. The molecule has 0 saturated carbocycles. The quantitative estimate of drug-likeness (QED) is 0.621. The number of amides is 1. The summed E-state index contributed by atoms with van der Waals surface area (Å²) in [5.41, 5.74) is 2.55. The number of para-hydroxylation sites is 1. The number of hydrogen-bond acceptors (Lipinski definition) is 5. The van der Waals surface area contributed by atoms with E-state index in [1.807, 2.05) is 37.3 Å². The lowest BCUT2D eigenvalue weighted by atomic mass is 10.1. The van der Waals surface area contributed by atoms with Crippen LogP contribution in [0.4, 0.5) is 0 Å². The number of rotatable bonds is 7. The van der Waals surface area contributed by atoms with Crippen molar-refractivity contribution >= 4 is 22.8 Å². The molecule has 3 aromatic rings. The largest absolute Gasteiger partial charge is 0.456 e. The molecule has 0 radical (unpaired) electrons. The van der Waals surface area contributed by atoms with E-state index in [4.69, 9.17) is 4.74 Å². The number of nitrogens with one attached hydrogen (secondary N) is 1. The molecule has 3 rings (SSSR count). The third kappa shape index (κ3) is 5.28. The first-order valence-electron chi connectivity index (χ1n) is 9.36. The average molecular weight is 393 g/mol. The monoisotopic (exact) mass is 393 g/mol. The summed E-state index contributed by atoms with van der Waals surface area (Å²) < 4.78 is 6.46. The second kappa shape index (κ2) is 9.14. The van der Waals surface area contributed by atoms with Gasteiger partial charge in [0.05, 0.1) is 17.3 Å². The molecule has 0 atom stereocenters. The Morgan fingerprint density at radius 3 is 2.59 bits per heavy atom. The van der Waals surface area contributed by atoms with Crippen LogP contribution in [0.5, 0.6) is 0 Å². The van der Waals surface area contributed by atoms with Crippen molar-refractivity contribution in [2.24, 2.45) is 7.05 Å². The molecule has 0 unspecified atom stereocenters. The Labute approximate surface area is 168 Å². The van der Waals surface area contributed by atoms with E-state index in [0.717, 1.165) is 11.1 Å². The fourth-order valence-electron chi connectivity index (χ4n) is 2.88. The number of ether oxygens (including phenoxy) is 1. The predicted molar refractivity (Wildman–Crippen MR) is 109 cm³/mol. The molecule has 0 saturated heterocycles. The van der Waals surface area contributed by atoms with Crippen molar-refractivity contribution in [1.29, 1.82) is 0 Å². The summed E-state index contributed by atoms with van der Waals surface area (Å²) in [6, 6.07) is 14.9. The van der Waals surface area contributed by atoms with Gasteiger partial charge in [-0.15, -0.1) is 0 Å². The zero-order valence-electron chi connectivity index (χ0n) is 16.5. The van der Waals surface area contributed by atoms with Crippen molar-refractivity contribution in [2.45, 2.75) is 26.3 Å². The number of aromatic nitrogens is 2. The molecule has 7 nitrogen and oxygen atoms in total. The molecule has 1 amide bonds. The number of esters is 1. The summed E-state index contributed by atoms with van der Waals surface area (Å²) in [6.07, 6.45) is 0.282. The molecule has 7 heteroatoms. The van der Waals surface area contributed by atoms with Gasteiger partial charge in [-0.25, -0.2) is 4.98 Å². The topological polar surface area (TPSA) is 90.3 Å². The molecule has 0 fully saturated rings. The fraction of sp³-hybridized carbons (Fsp3) is 0.273. The van der Waals surface area contributed by atoms with Gasteiger partial charge < -0.3 is 10.1 Å². The number of benzene rings is 2. The van der Waals surface area contributed by atoms with Crippen LogP contribution < -0.4 is 10.9 Å². The van der Waals surface area contributed by atoms with Gasteiger partial charge in [0.1, 0.15) is 5.82 Å². The van der Waals surface area contributed by atoms with Crippen LogP contribution in [0.1, 0.15) is 23.4 Å². The number of nitrogens with zero attached hydrogens (tertiary/aromatic N) is 2. The molecule has 1 heterocycles. The van der Waals surface area contributed by atoms with Crippen LogP contribution in [-0.4, -0.2) is 28.0 Å². The molecular formula is C22H23N3O4. The van der Waals surface area contributed by atoms with Gasteiger partial charge in [-0.1, -0.05) is 42.0 Å². The zero-order chi connectivity index (χ0) is 20.8. The van der Waals surface area contributed by atoms with Gasteiger partial charge in [0.15, 0.2) is 6.61 Å². The lowest BCUT2D eigenvalue weighted by molar-refractivity contribution is -0.148. The summed E-state index contributed by atoms with van der Waals surface area (Å²) >= 11 is 0. The van der Waals surface area contributed by atoms with Crippen LogP contribution in [-0.2, 0) is 34.3 Å². The highest BCUT2D eigenvalue weighted by molar-refractivity contribution is 5.80. The third-order valence-corrected chi connectivity index (χ3v) is 4.60. The summed E-state index contributed by atoms with van der Waals surface area (Å²) in [6.45, 7) is 2.03. The van der Waals surface area contributed by atoms with Gasteiger partial charge in [-0.2, -0.15) is 0 Å². The number of fused-ring (bicyclic) bond motifs is 1. The van der Waals surface area contributed by atoms with Crippen LogP contribution in [0.3, 0.4) is 0 Å². The molecule has 0 aliphatic carbocycles. The molecule has 1 aromatic heterocycles. The van der Waals surface area contributed by atoms with Crippen molar-refractivity contribution in [3.8, 4) is 0 Å². The second-order valence-corrected chi connectivity index (χ2v) is 6.83. The maximum Gasteiger partial charge on any atom is 0.306 e. The normalized spacial score (nSPS) is 10.7. The summed E-state index contributed by atoms with van der Waals surface area (Å²) in [4.78, 5) is 40.7. The Morgan fingerprint density at radius 1 is 1.10 bits per heavy atom. The molecule has 150 valence electrons. The lowest BCUT2D eigenvalue weighted by Gasteiger charge is -2.09. The van der Waals surface area contributed by atoms with E-state index >= 15 is 0 Å². The predicted octanol–water partition coefficient (Wildman–Crippen LogP) is 2.03.